The van der Waals surface area contributed by atoms with Gasteiger partial charge in [0, 0.05) is 16.2 Å². The molecule has 80 valence electrons. The van der Waals surface area contributed by atoms with Gasteiger partial charge < -0.3 is 4.74 Å². The largest absolute Gasteiger partial charge is 0.437 e. The quantitative estimate of drug-likeness (QED) is 0.917. The van der Waals surface area contributed by atoms with Crippen LogP contribution < -0.4 is 4.74 Å². The average Bonchev–Trinajstić information content (AvgIpc) is 2.63. The lowest BCUT2D eigenvalue weighted by molar-refractivity contribution is 0.461. The van der Waals surface area contributed by atoms with Crippen molar-refractivity contribution in [2.24, 2.45) is 0 Å². The van der Waals surface area contributed by atoms with Crippen molar-refractivity contribution in [1.29, 1.82) is 5.26 Å². The Morgan fingerprint density at radius 2 is 2.19 bits per heavy atom. The summed E-state index contributed by atoms with van der Waals surface area (Å²) in [7, 11) is 0. The number of hydrogen-bond donors (Lipinski definition) is 1. The summed E-state index contributed by atoms with van der Waals surface area (Å²) in [5, 5.41) is 15.5. The van der Waals surface area contributed by atoms with Gasteiger partial charge in [-0.2, -0.15) is 5.26 Å². The van der Waals surface area contributed by atoms with E-state index in [1.165, 1.54) is 0 Å². The lowest BCUT2D eigenvalue weighted by atomic mass is 10.2. The van der Waals surface area contributed by atoms with Gasteiger partial charge >= 0.3 is 0 Å². The predicted molar refractivity (Wildman–Crippen MR) is 62.3 cm³/mol. The van der Waals surface area contributed by atoms with E-state index in [0.717, 1.165) is 10.2 Å². The van der Waals surface area contributed by atoms with Gasteiger partial charge in [0.2, 0.25) is 5.88 Å². The van der Waals surface area contributed by atoms with Crippen LogP contribution in [0.5, 0.6) is 11.6 Å². The SMILES string of the molecule is Cc1cc(Oc2cc(Br)cc(C#N)c2)n[nH]1. The van der Waals surface area contributed by atoms with Crippen LogP contribution >= 0.6 is 15.9 Å². The molecule has 1 aromatic heterocycles. The van der Waals surface area contributed by atoms with E-state index in [-0.39, 0.29) is 0 Å². The van der Waals surface area contributed by atoms with Crippen LogP contribution in [0.2, 0.25) is 0 Å². The number of nitrogens with zero attached hydrogens (tertiary/aromatic N) is 2. The molecular formula is C11H8BrN3O. The fourth-order valence-electron chi connectivity index (χ4n) is 1.25. The van der Waals surface area contributed by atoms with Crippen LogP contribution in [0.15, 0.2) is 28.7 Å². The summed E-state index contributed by atoms with van der Waals surface area (Å²) < 4.78 is 6.30. The maximum Gasteiger partial charge on any atom is 0.238 e. The lowest BCUT2D eigenvalue weighted by Gasteiger charge is -2.02. The molecule has 0 unspecified atom stereocenters. The molecule has 4 nitrogen and oxygen atoms in total. The lowest BCUT2D eigenvalue weighted by Crippen LogP contribution is -1.86. The fraction of sp³-hybridized carbons (Fsp3) is 0.0909. The molecule has 2 rings (SSSR count). The van der Waals surface area contributed by atoms with E-state index >= 15 is 0 Å². The molecule has 0 aliphatic carbocycles. The molecule has 0 aliphatic heterocycles. The van der Waals surface area contributed by atoms with Gasteiger partial charge in [0.05, 0.1) is 11.6 Å². The number of rotatable bonds is 2. The van der Waals surface area contributed by atoms with Crippen molar-refractivity contribution in [3.63, 3.8) is 0 Å². The van der Waals surface area contributed by atoms with Gasteiger partial charge in [-0.15, -0.1) is 5.10 Å². The van der Waals surface area contributed by atoms with Crippen molar-refractivity contribution in [3.05, 3.63) is 40.0 Å². The summed E-state index contributed by atoms with van der Waals surface area (Å²) in [5.41, 5.74) is 1.46. The standard InChI is InChI=1S/C11H8BrN3O/c1-7-2-11(15-14-7)16-10-4-8(6-13)3-9(12)5-10/h2-5H,1H3,(H,14,15). The van der Waals surface area contributed by atoms with Crippen LogP contribution in [0.3, 0.4) is 0 Å². The number of H-pyrrole nitrogens is 1. The Balaban J connectivity index is 2.28. The smallest absolute Gasteiger partial charge is 0.238 e. The third kappa shape index (κ3) is 2.41. The molecule has 5 heteroatoms. The van der Waals surface area contributed by atoms with E-state index in [1.54, 1.807) is 24.3 Å². The minimum atomic E-state index is 0.486. The highest BCUT2D eigenvalue weighted by molar-refractivity contribution is 9.10. The van der Waals surface area contributed by atoms with Crippen LogP contribution in [0, 0.1) is 18.3 Å². The Hall–Kier alpha value is -1.80. The Morgan fingerprint density at radius 3 is 2.81 bits per heavy atom. The normalized spacial score (nSPS) is 9.81. The van der Waals surface area contributed by atoms with Gasteiger partial charge in [-0.1, -0.05) is 15.9 Å². The van der Waals surface area contributed by atoms with E-state index in [2.05, 4.69) is 32.2 Å². The Morgan fingerprint density at radius 1 is 1.38 bits per heavy atom. The van der Waals surface area contributed by atoms with Crippen LogP contribution in [-0.2, 0) is 0 Å². The highest BCUT2D eigenvalue weighted by Gasteiger charge is 2.03. The molecule has 0 aliphatic rings. The maximum absolute atomic E-state index is 8.81. The van der Waals surface area contributed by atoms with Gasteiger partial charge in [-0.25, -0.2) is 0 Å². The van der Waals surface area contributed by atoms with Gasteiger partial charge in [0.1, 0.15) is 5.75 Å². The third-order valence-electron chi connectivity index (χ3n) is 1.91. The molecule has 2 aromatic rings. The van der Waals surface area contributed by atoms with E-state index < -0.39 is 0 Å². The third-order valence-corrected chi connectivity index (χ3v) is 2.36. The Kier molecular flexibility index (Phi) is 2.93. The molecule has 1 aromatic carbocycles. The van der Waals surface area contributed by atoms with Crippen LogP contribution in [0.1, 0.15) is 11.3 Å². The summed E-state index contributed by atoms with van der Waals surface area (Å²) >= 11 is 3.31. The topological polar surface area (TPSA) is 61.7 Å². The van der Waals surface area contributed by atoms with Crippen molar-refractivity contribution in [1.82, 2.24) is 10.2 Å². The highest BCUT2D eigenvalue weighted by Crippen LogP contribution is 2.25. The minimum Gasteiger partial charge on any atom is -0.437 e. The molecule has 0 amide bonds. The first-order chi connectivity index (χ1) is 7.67. The highest BCUT2D eigenvalue weighted by atomic mass is 79.9. The first-order valence-electron chi connectivity index (χ1n) is 4.58. The summed E-state index contributed by atoms with van der Waals surface area (Å²) in [5.74, 6) is 1.07. The summed E-state index contributed by atoms with van der Waals surface area (Å²) in [6, 6.07) is 9.01. The number of aryl methyl sites for hydroxylation is 1. The molecule has 0 bridgehead atoms. The molecule has 0 spiro atoms. The Labute approximate surface area is 101 Å². The van der Waals surface area contributed by atoms with Gasteiger partial charge in [-0.05, 0) is 25.1 Å². The fourth-order valence-corrected chi connectivity index (χ4v) is 1.72. The van der Waals surface area contributed by atoms with E-state index in [4.69, 9.17) is 10.00 Å². The number of ether oxygens (including phenoxy) is 1. The van der Waals surface area contributed by atoms with Crippen molar-refractivity contribution in [3.8, 4) is 17.7 Å². The minimum absolute atomic E-state index is 0.486. The summed E-state index contributed by atoms with van der Waals surface area (Å²) in [4.78, 5) is 0. The van der Waals surface area contributed by atoms with Crippen LogP contribution in [0.4, 0.5) is 0 Å². The number of aromatic amines is 1. The van der Waals surface area contributed by atoms with Crippen molar-refractivity contribution < 1.29 is 4.74 Å². The average molecular weight is 278 g/mol. The molecule has 16 heavy (non-hydrogen) atoms. The second-order valence-electron chi connectivity index (χ2n) is 3.28. The molecule has 0 fully saturated rings. The molecule has 0 radical (unpaired) electrons. The number of hydrogen-bond acceptors (Lipinski definition) is 3. The number of aromatic nitrogens is 2. The zero-order chi connectivity index (χ0) is 11.5. The van der Waals surface area contributed by atoms with Gasteiger partial charge in [0.25, 0.3) is 0 Å². The molecule has 0 atom stereocenters. The van der Waals surface area contributed by atoms with Crippen molar-refractivity contribution >= 4 is 15.9 Å². The molecule has 1 N–H and O–H groups in total. The van der Waals surface area contributed by atoms with Crippen LogP contribution in [0.25, 0.3) is 0 Å². The zero-order valence-electron chi connectivity index (χ0n) is 8.49. The molecular weight excluding hydrogens is 270 g/mol. The number of nitrogens with one attached hydrogen (secondary N) is 1. The van der Waals surface area contributed by atoms with Crippen molar-refractivity contribution in [2.45, 2.75) is 6.92 Å². The number of halogens is 1. The van der Waals surface area contributed by atoms with Gasteiger partial charge in [-0.3, -0.25) is 5.10 Å². The second kappa shape index (κ2) is 4.37. The molecule has 0 saturated heterocycles. The predicted octanol–water partition coefficient (Wildman–Crippen LogP) is 3.14. The summed E-state index contributed by atoms with van der Waals surface area (Å²) in [6.45, 7) is 1.89. The van der Waals surface area contributed by atoms with E-state index in [0.29, 0.717) is 17.2 Å². The summed E-state index contributed by atoms with van der Waals surface area (Å²) in [6.07, 6.45) is 0. The Bertz CT molecular complexity index is 557. The molecule has 0 saturated carbocycles. The first kappa shape index (κ1) is 10.7. The van der Waals surface area contributed by atoms with Crippen molar-refractivity contribution in [2.75, 3.05) is 0 Å². The zero-order valence-corrected chi connectivity index (χ0v) is 10.1. The second-order valence-corrected chi connectivity index (χ2v) is 4.19. The number of benzene rings is 1. The van der Waals surface area contributed by atoms with Crippen LogP contribution in [-0.4, -0.2) is 10.2 Å². The number of nitriles is 1. The first-order valence-corrected chi connectivity index (χ1v) is 5.37. The monoisotopic (exact) mass is 277 g/mol. The van der Waals surface area contributed by atoms with E-state index in [1.807, 2.05) is 6.92 Å². The maximum atomic E-state index is 8.81. The van der Waals surface area contributed by atoms with Gasteiger partial charge in [0.15, 0.2) is 0 Å². The molecule has 1 heterocycles. The van der Waals surface area contributed by atoms with E-state index in [9.17, 15) is 0 Å².